The van der Waals surface area contributed by atoms with E-state index in [4.69, 9.17) is 4.52 Å². The molecule has 3 aromatic rings. The maximum Gasteiger partial charge on any atom is 0.493 e. The summed E-state index contributed by atoms with van der Waals surface area (Å²) in [6.45, 7) is 2.29. The largest absolute Gasteiger partial charge is 0.493 e. The molecule has 2 aliphatic rings. The van der Waals surface area contributed by atoms with Crippen molar-refractivity contribution >= 4 is 39.5 Å². The van der Waals surface area contributed by atoms with Crippen LogP contribution in [0.4, 0.5) is 19.0 Å². The first kappa shape index (κ1) is 26.6. The van der Waals surface area contributed by atoms with Crippen LogP contribution in [0.2, 0.25) is 0 Å². The van der Waals surface area contributed by atoms with Gasteiger partial charge in [0.2, 0.25) is 6.29 Å². The Morgan fingerprint density at radius 2 is 2.05 bits per heavy atom. The zero-order valence-electron chi connectivity index (χ0n) is 20.4. The molecule has 1 N–H and O–H groups in total. The fourth-order valence-corrected chi connectivity index (χ4v) is 4.52. The summed E-state index contributed by atoms with van der Waals surface area (Å²) in [4.78, 5) is 48.2. The predicted molar refractivity (Wildman–Crippen MR) is 130 cm³/mol. The minimum absolute atomic E-state index is 0.0109. The molecule has 0 saturated heterocycles. The molecule has 39 heavy (non-hydrogen) atoms. The summed E-state index contributed by atoms with van der Waals surface area (Å²) in [6, 6.07) is 5.18. The number of H-pyrrole nitrogens is 1. The lowest BCUT2D eigenvalue weighted by Crippen LogP contribution is -2.60. The predicted octanol–water partition coefficient (Wildman–Crippen LogP) is 3.64. The third-order valence-corrected chi connectivity index (χ3v) is 6.27. The molecule has 0 aromatic carbocycles. The second kappa shape index (κ2) is 10.6. The van der Waals surface area contributed by atoms with Crippen LogP contribution in [0.25, 0.3) is 11.6 Å². The number of unbranched alkanes of at least 4 members (excludes halogenated alkanes) is 2. The van der Waals surface area contributed by atoms with Crippen molar-refractivity contribution in [3.8, 4) is 11.6 Å². The number of nitrogens with one attached hydrogen (secondary N) is 1. The number of amides is 1. The van der Waals surface area contributed by atoms with Crippen LogP contribution in [-0.2, 0) is 16.1 Å². The molecule has 0 spiro atoms. The minimum atomic E-state index is -5.28. The Hall–Kier alpha value is -4.02. The monoisotopic (exact) mass is 611 g/mol. The van der Waals surface area contributed by atoms with Gasteiger partial charge in [-0.15, -0.1) is 5.10 Å². The summed E-state index contributed by atoms with van der Waals surface area (Å²) in [6.07, 6.45) is -2.58. The highest BCUT2D eigenvalue weighted by atomic mass is 79.9. The number of carbonyl (C=O) groups is 2. The van der Waals surface area contributed by atoms with E-state index in [-0.39, 0.29) is 46.6 Å². The van der Waals surface area contributed by atoms with Gasteiger partial charge < -0.3 is 19.2 Å². The van der Waals surface area contributed by atoms with E-state index in [0.717, 1.165) is 12.8 Å². The van der Waals surface area contributed by atoms with E-state index in [1.165, 1.54) is 4.90 Å². The highest BCUT2D eigenvalue weighted by Gasteiger charge is 2.52. The van der Waals surface area contributed by atoms with Gasteiger partial charge >= 0.3 is 12.1 Å². The highest BCUT2D eigenvalue weighted by Crippen LogP contribution is 2.37. The van der Waals surface area contributed by atoms with E-state index in [1.807, 2.05) is 6.92 Å². The van der Waals surface area contributed by atoms with Gasteiger partial charge in [-0.05, 0) is 34.5 Å². The van der Waals surface area contributed by atoms with E-state index in [2.05, 4.69) is 51.0 Å². The molecule has 1 amide bonds. The lowest BCUT2D eigenvalue weighted by atomic mass is 10.2. The van der Waals surface area contributed by atoms with Crippen molar-refractivity contribution in [3.63, 3.8) is 0 Å². The van der Waals surface area contributed by atoms with E-state index in [0.29, 0.717) is 23.8 Å². The number of fused-ring (bicyclic) bond motifs is 2. The molecule has 3 aromatic heterocycles. The first-order valence-corrected chi connectivity index (χ1v) is 12.7. The molecule has 1 atom stereocenters. The smallest absolute Gasteiger partial charge is 0.332 e. The second-order valence-corrected chi connectivity index (χ2v) is 9.33. The quantitative estimate of drug-likeness (QED) is 0.356. The van der Waals surface area contributed by atoms with E-state index < -0.39 is 24.3 Å². The normalized spacial score (nSPS) is 16.8. The third-order valence-electron chi connectivity index (χ3n) is 5.89. The first-order chi connectivity index (χ1) is 18.7. The molecule has 17 heteroatoms. The lowest BCUT2D eigenvalue weighted by Gasteiger charge is -2.40. The third kappa shape index (κ3) is 5.30. The number of anilines is 1. The Balaban J connectivity index is 1.45. The molecular formula is C22H21BrF3N9O4. The van der Waals surface area contributed by atoms with Crippen LogP contribution in [0.3, 0.4) is 0 Å². The Morgan fingerprint density at radius 1 is 1.23 bits per heavy atom. The number of carbonyl (C=O) groups excluding carboxylic acids is 2. The average Bonchev–Trinajstić information content (AvgIpc) is 3.62. The van der Waals surface area contributed by atoms with Crippen molar-refractivity contribution in [1.29, 1.82) is 0 Å². The molecule has 206 valence electrons. The van der Waals surface area contributed by atoms with Crippen molar-refractivity contribution < 1.29 is 32.1 Å². The number of hydrazone groups is 1. The van der Waals surface area contributed by atoms with Gasteiger partial charge in [-0.25, -0.2) is 14.7 Å². The van der Waals surface area contributed by atoms with Crippen molar-refractivity contribution in [3.05, 3.63) is 40.6 Å². The van der Waals surface area contributed by atoms with Gasteiger partial charge in [0.05, 0.1) is 0 Å². The summed E-state index contributed by atoms with van der Waals surface area (Å²) >= 11 is 3.21. The number of aromatic nitrogens is 5. The standard InChI is InChI=1S/C22H21BrF3N9O4/c1-2-3-6-11-33-16-15(29-20(23)30-16)18(36)34-14(31-35(21(33)34)39-19(37)22(24,25)26)9-8-13-28-17(38-32-13)12-7-4-5-10-27-12/h4-5,7,10,21H,2-3,6,8-9,11H2,1H3,(H,29,30). The van der Waals surface area contributed by atoms with Crippen LogP contribution >= 0.6 is 15.9 Å². The van der Waals surface area contributed by atoms with Crippen LogP contribution in [0.1, 0.15) is 48.9 Å². The molecule has 2 aliphatic heterocycles. The van der Waals surface area contributed by atoms with Crippen LogP contribution in [-0.4, -0.2) is 71.9 Å². The number of amidine groups is 1. The number of alkyl halides is 3. The highest BCUT2D eigenvalue weighted by molar-refractivity contribution is 9.10. The molecule has 0 radical (unpaired) electrons. The maximum atomic E-state index is 13.5. The van der Waals surface area contributed by atoms with Gasteiger partial charge in [0.25, 0.3) is 11.8 Å². The second-order valence-electron chi connectivity index (χ2n) is 8.57. The molecule has 5 rings (SSSR count). The van der Waals surface area contributed by atoms with Crippen LogP contribution in [0, 0.1) is 0 Å². The van der Waals surface area contributed by atoms with Gasteiger partial charge in [0.15, 0.2) is 16.4 Å². The zero-order chi connectivity index (χ0) is 27.7. The molecule has 1 unspecified atom stereocenters. The maximum absolute atomic E-state index is 13.5. The zero-order valence-corrected chi connectivity index (χ0v) is 21.9. The summed E-state index contributed by atoms with van der Waals surface area (Å²) in [5.74, 6) is -2.39. The summed E-state index contributed by atoms with van der Waals surface area (Å²) in [5.41, 5.74) is 0.578. The van der Waals surface area contributed by atoms with Crippen LogP contribution in [0.15, 0.2) is 38.8 Å². The fourth-order valence-electron chi connectivity index (χ4n) is 4.15. The Kier molecular flexibility index (Phi) is 7.24. The Morgan fingerprint density at radius 3 is 2.77 bits per heavy atom. The van der Waals surface area contributed by atoms with Crippen LogP contribution < -0.4 is 4.90 Å². The fraction of sp³-hybridized carbons (Fsp3) is 0.409. The Bertz CT molecular complexity index is 1390. The molecule has 5 heterocycles. The molecular weight excluding hydrogens is 591 g/mol. The number of hydrogen-bond acceptors (Lipinski definition) is 11. The van der Waals surface area contributed by atoms with Gasteiger partial charge in [0, 0.05) is 25.6 Å². The van der Waals surface area contributed by atoms with Crippen molar-refractivity contribution in [2.24, 2.45) is 5.10 Å². The summed E-state index contributed by atoms with van der Waals surface area (Å²) in [7, 11) is 0. The van der Waals surface area contributed by atoms with Crippen LogP contribution in [0.5, 0.6) is 0 Å². The lowest BCUT2D eigenvalue weighted by molar-refractivity contribution is -0.249. The SMILES string of the molecule is CCCCCN1c2nc(Br)[nH]c2C(=O)N2C(CCc3noc(-c4ccccn4)n3)=NN(OC(=O)C(F)(F)F)C21. The summed E-state index contributed by atoms with van der Waals surface area (Å²) < 4.78 is 44.8. The van der Waals surface area contributed by atoms with E-state index in [9.17, 15) is 22.8 Å². The first-order valence-electron chi connectivity index (χ1n) is 11.9. The molecule has 0 fully saturated rings. The number of hydrogen-bond donors (Lipinski definition) is 1. The minimum Gasteiger partial charge on any atom is -0.332 e. The Labute approximate surface area is 227 Å². The van der Waals surface area contributed by atoms with Gasteiger partial charge in [-0.3, -0.25) is 9.78 Å². The molecule has 0 aliphatic carbocycles. The van der Waals surface area contributed by atoms with Crippen molar-refractivity contribution in [2.45, 2.75) is 51.5 Å². The number of pyridine rings is 1. The number of rotatable bonds is 9. The molecule has 0 saturated carbocycles. The van der Waals surface area contributed by atoms with Gasteiger partial charge in [0.1, 0.15) is 17.2 Å². The number of imidazole rings is 1. The number of aryl methyl sites for hydroxylation is 1. The van der Waals surface area contributed by atoms with Crippen molar-refractivity contribution in [2.75, 3.05) is 11.4 Å². The number of nitrogens with zero attached hydrogens (tertiary/aromatic N) is 8. The van der Waals surface area contributed by atoms with Gasteiger partial charge in [-0.1, -0.05) is 36.2 Å². The number of hydroxylamine groups is 1. The van der Waals surface area contributed by atoms with Crippen molar-refractivity contribution in [1.82, 2.24) is 35.2 Å². The molecule has 13 nitrogen and oxygen atoms in total. The van der Waals surface area contributed by atoms with E-state index in [1.54, 1.807) is 29.3 Å². The number of halogens is 4. The van der Waals surface area contributed by atoms with Gasteiger partial charge in [-0.2, -0.15) is 18.2 Å². The number of aromatic amines is 1. The average molecular weight is 612 g/mol. The van der Waals surface area contributed by atoms with E-state index >= 15 is 0 Å². The summed E-state index contributed by atoms with van der Waals surface area (Å²) in [5, 5.41) is 8.51. The molecule has 0 bridgehead atoms. The topological polar surface area (TPSA) is 146 Å².